The van der Waals surface area contributed by atoms with E-state index in [4.69, 9.17) is 27.9 Å². The molecule has 0 saturated carbocycles. The zero-order valence-electron chi connectivity index (χ0n) is 8.66. The molecule has 2 rings (SSSR count). The zero-order valence-corrected chi connectivity index (χ0v) is 10.2. The first-order chi connectivity index (χ1) is 8.19. The molecule has 2 aromatic rings. The highest BCUT2D eigenvalue weighted by molar-refractivity contribution is 6.30. The van der Waals surface area contributed by atoms with Gasteiger partial charge in [0.25, 0.3) is 0 Å². The molecule has 0 atom stereocenters. The van der Waals surface area contributed by atoms with Gasteiger partial charge < -0.3 is 4.74 Å². The number of alkyl halides is 1. The van der Waals surface area contributed by atoms with Crippen molar-refractivity contribution in [3.8, 4) is 11.6 Å². The van der Waals surface area contributed by atoms with E-state index in [2.05, 4.69) is 4.98 Å². The molecule has 0 fully saturated rings. The Bertz CT molecular complexity index is 516. The fourth-order valence-corrected chi connectivity index (χ4v) is 1.59. The van der Waals surface area contributed by atoms with E-state index in [1.165, 1.54) is 6.07 Å². The largest absolute Gasteiger partial charge is 0.439 e. The number of rotatable bonds is 3. The standard InChI is InChI=1S/C12H8Cl2FNO/c13-6-8-5-10(15)7-16-12(8)17-11-3-1-9(14)2-4-11/h1-5,7H,6H2. The van der Waals surface area contributed by atoms with Gasteiger partial charge in [0.2, 0.25) is 5.88 Å². The van der Waals surface area contributed by atoms with Gasteiger partial charge in [-0.1, -0.05) is 11.6 Å². The molecule has 0 unspecified atom stereocenters. The smallest absolute Gasteiger partial charge is 0.223 e. The molecule has 17 heavy (non-hydrogen) atoms. The molecule has 1 aromatic heterocycles. The van der Waals surface area contributed by atoms with Crippen molar-refractivity contribution in [2.45, 2.75) is 5.88 Å². The number of nitrogens with zero attached hydrogens (tertiary/aromatic N) is 1. The van der Waals surface area contributed by atoms with Gasteiger partial charge in [-0.15, -0.1) is 11.6 Å². The molecule has 0 N–H and O–H groups in total. The van der Waals surface area contributed by atoms with Crippen molar-refractivity contribution < 1.29 is 9.13 Å². The van der Waals surface area contributed by atoms with E-state index in [1.807, 2.05) is 0 Å². The van der Waals surface area contributed by atoms with E-state index in [0.29, 0.717) is 22.2 Å². The molecule has 88 valence electrons. The van der Waals surface area contributed by atoms with Crippen LogP contribution in [-0.2, 0) is 5.88 Å². The van der Waals surface area contributed by atoms with E-state index < -0.39 is 5.82 Å². The number of hydrogen-bond donors (Lipinski definition) is 0. The molecule has 0 aliphatic heterocycles. The number of hydrogen-bond acceptors (Lipinski definition) is 2. The topological polar surface area (TPSA) is 22.1 Å². The molecule has 1 heterocycles. The average molecular weight is 272 g/mol. The molecule has 0 radical (unpaired) electrons. The predicted octanol–water partition coefficient (Wildman–Crippen LogP) is 4.41. The molecule has 5 heteroatoms. The molecular weight excluding hydrogens is 264 g/mol. The van der Waals surface area contributed by atoms with Crippen molar-refractivity contribution in [1.82, 2.24) is 4.98 Å². The van der Waals surface area contributed by atoms with Crippen LogP contribution in [0.4, 0.5) is 4.39 Å². The van der Waals surface area contributed by atoms with Crippen LogP contribution < -0.4 is 4.74 Å². The quantitative estimate of drug-likeness (QED) is 0.772. The highest BCUT2D eigenvalue weighted by Crippen LogP contribution is 2.25. The summed E-state index contributed by atoms with van der Waals surface area (Å²) >= 11 is 11.4. The summed E-state index contributed by atoms with van der Waals surface area (Å²) < 4.78 is 18.4. The minimum Gasteiger partial charge on any atom is -0.439 e. The van der Waals surface area contributed by atoms with Crippen molar-refractivity contribution in [3.63, 3.8) is 0 Å². The Balaban J connectivity index is 2.26. The summed E-state index contributed by atoms with van der Waals surface area (Å²) in [6.07, 6.45) is 1.08. The van der Waals surface area contributed by atoms with Crippen molar-refractivity contribution in [2.24, 2.45) is 0 Å². The van der Waals surface area contributed by atoms with Crippen LogP contribution in [0.2, 0.25) is 5.02 Å². The summed E-state index contributed by atoms with van der Waals surface area (Å²) in [5.41, 5.74) is 0.501. The predicted molar refractivity (Wildman–Crippen MR) is 65.3 cm³/mol. The summed E-state index contributed by atoms with van der Waals surface area (Å²) in [4.78, 5) is 3.85. The van der Waals surface area contributed by atoms with E-state index in [-0.39, 0.29) is 5.88 Å². The fraction of sp³-hybridized carbons (Fsp3) is 0.0833. The Morgan fingerprint density at radius 2 is 1.94 bits per heavy atom. The lowest BCUT2D eigenvalue weighted by Crippen LogP contribution is -1.94. The van der Waals surface area contributed by atoms with Crippen LogP contribution in [0, 0.1) is 5.82 Å². The van der Waals surface area contributed by atoms with E-state index in [1.54, 1.807) is 24.3 Å². The first-order valence-electron chi connectivity index (χ1n) is 4.83. The van der Waals surface area contributed by atoms with Gasteiger partial charge >= 0.3 is 0 Å². The van der Waals surface area contributed by atoms with Crippen molar-refractivity contribution in [2.75, 3.05) is 0 Å². The Morgan fingerprint density at radius 1 is 1.24 bits per heavy atom. The van der Waals surface area contributed by atoms with Crippen LogP contribution in [0.5, 0.6) is 11.6 Å². The third-order valence-electron chi connectivity index (χ3n) is 2.06. The molecule has 0 aliphatic carbocycles. The highest BCUT2D eigenvalue weighted by Gasteiger charge is 2.07. The summed E-state index contributed by atoms with van der Waals surface area (Å²) in [5.74, 6) is 0.556. The van der Waals surface area contributed by atoms with Crippen molar-refractivity contribution >= 4 is 23.2 Å². The third-order valence-corrected chi connectivity index (χ3v) is 2.60. The molecular formula is C12H8Cl2FNO. The normalized spacial score (nSPS) is 10.3. The summed E-state index contributed by atoms with van der Waals surface area (Å²) in [7, 11) is 0. The van der Waals surface area contributed by atoms with Crippen LogP contribution >= 0.6 is 23.2 Å². The summed E-state index contributed by atoms with van der Waals surface area (Å²) in [5, 5.41) is 0.613. The van der Waals surface area contributed by atoms with Crippen LogP contribution in [0.25, 0.3) is 0 Å². The van der Waals surface area contributed by atoms with E-state index in [9.17, 15) is 4.39 Å². The van der Waals surface area contributed by atoms with E-state index >= 15 is 0 Å². The average Bonchev–Trinajstić information content (AvgIpc) is 2.34. The Labute approximate surface area is 108 Å². The molecule has 1 aromatic carbocycles. The maximum atomic E-state index is 12.9. The zero-order chi connectivity index (χ0) is 12.3. The number of aromatic nitrogens is 1. The molecule has 0 aliphatic rings. The van der Waals surface area contributed by atoms with Gasteiger partial charge in [-0.2, -0.15) is 0 Å². The van der Waals surface area contributed by atoms with Crippen LogP contribution in [0.1, 0.15) is 5.56 Å². The maximum Gasteiger partial charge on any atom is 0.223 e. The second-order valence-corrected chi connectivity index (χ2v) is 4.01. The minimum atomic E-state index is -0.441. The molecule has 0 spiro atoms. The monoisotopic (exact) mass is 271 g/mol. The van der Waals surface area contributed by atoms with Crippen LogP contribution in [0.3, 0.4) is 0 Å². The first-order valence-corrected chi connectivity index (χ1v) is 5.74. The van der Waals surface area contributed by atoms with Gasteiger partial charge in [0.1, 0.15) is 11.6 Å². The lowest BCUT2D eigenvalue weighted by molar-refractivity contribution is 0.454. The molecule has 0 amide bonds. The summed E-state index contributed by atoms with van der Waals surface area (Å²) in [6.45, 7) is 0. The van der Waals surface area contributed by atoms with Gasteiger partial charge in [-0.05, 0) is 30.3 Å². The van der Waals surface area contributed by atoms with Gasteiger partial charge in [-0.3, -0.25) is 0 Å². The van der Waals surface area contributed by atoms with Crippen molar-refractivity contribution in [3.05, 3.63) is 52.9 Å². The lowest BCUT2D eigenvalue weighted by Gasteiger charge is -2.08. The first kappa shape index (κ1) is 12.1. The molecule has 0 bridgehead atoms. The minimum absolute atomic E-state index is 0.133. The Morgan fingerprint density at radius 3 is 2.59 bits per heavy atom. The van der Waals surface area contributed by atoms with Gasteiger partial charge in [0, 0.05) is 10.6 Å². The maximum absolute atomic E-state index is 12.9. The number of ether oxygens (including phenoxy) is 1. The fourth-order valence-electron chi connectivity index (χ4n) is 1.27. The van der Waals surface area contributed by atoms with E-state index in [0.717, 1.165) is 6.20 Å². The summed E-state index contributed by atoms with van der Waals surface area (Å²) in [6, 6.07) is 8.09. The Hall–Kier alpha value is -1.32. The SMILES string of the molecule is Fc1cnc(Oc2ccc(Cl)cc2)c(CCl)c1. The lowest BCUT2D eigenvalue weighted by atomic mass is 10.3. The van der Waals surface area contributed by atoms with Crippen molar-refractivity contribution in [1.29, 1.82) is 0 Å². The number of halogens is 3. The van der Waals surface area contributed by atoms with Crippen LogP contribution in [-0.4, -0.2) is 4.98 Å². The number of pyridine rings is 1. The molecule has 2 nitrogen and oxygen atoms in total. The van der Waals surface area contributed by atoms with Gasteiger partial charge in [0.15, 0.2) is 0 Å². The third kappa shape index (κ3) is 3.08. The highest BCUT2D eigenvalue weighted by atomic mass is 35.5. The second kappa shape index (κ2) is 5.34. The second-order valence-electron chi connectivity index (χ2n) is 3.31. The van der Waals surface area contributed by atoms with Gasteiger partial charge in [0.05, 0.1) is 12.1 Å². The Kier molecular flexibility index (Phi) is 3.82. The van der Waals surface area contributed by atoms with Gasteiger partial charge in [-0.25, -0.2) is 9.37 Å². The number of benzene rings is 1. The molecule has 0 saturated heterocycles. The van der Waals surface area contributed by atoms with Crippen LogP contribution in [0.15, 0.2) is 36.5 Å².